The van der Waals surface area contributed by atoms with E-state index in [0.29, 0.717) is 25.4 Å². The number of benzene rings is 2. The Morgan fingerprint density at radius 2 is 1.87 bits per heavy atom. The highest BCUT2D eigenvalue weighted by molar-refractivity contribution is 7.92. The third-order valence-corrected chi connectivity index (χ3v) is 8.16. The van der Waals surface area contributed by atoms with Gasteiger partial charge in [0.1, 0.15) is 5.75 Å². The highest BCUT2D eigenvalue weighted by atomic mass is 32.2. The number of nitrogens with one attached hydrogen (secondary N) is 2. The molecule has 0 aliphatic carbocycles. The average molecular weight is 548 g/mol. The summed E-state index contributed by atoms with van der Waals surface area (Å²) in [6.07, 6.45) is 2.31. The summed E-state index contributed by atoms with van der Waals surface area (Å²) in [6.45, 7) is 7.15. The lowest BCUT2D eigenvalue weighted by Crippen LogP contribution is -2.47. The fraction of sp³-hybridized carbons (Fsp3) is 0.536. The summed E-state index contributed by atoms with van der Waals surface area (Å²) in [5, 5.41) is 13.2. The van der Waals surface area contributed by atoms with Crippen molar-refractivity contribution < 1.29 is 27.8 Å². The third kappa shape index (κ3) is 7.92. The molecule has 38 heavy (non-hydrogen) atoms. The third-order valence-electron chi connectivity index (χ3n) is 6.76. The largest absolute Gasteiger partial charge is 0.490 e. The first-order valence-corrected chi connectivity index (χ1v) is 14.7. The van der Waals surface area contributed by atoms with E-state index in [4.69, 9.17) is 9.47 Å². The van der Waals surface area contributed by atoms with Crippen LogP contribution in [0.2, 0.25) is 0 Å². The molecule has 210 valence electrons. The van der Waals surface area contributed by atoms with E-state index >= 15 is 0 Å². The maximum absolute atomic E-state index is 14.0. The Balaban J connectivity index is 2.02. The van der Waals surface area contributed by atoms with E-state index in [0.717, 1.165) is 19.3 Å². The number of nitrogens with zero attached hydrogens (tertiary/aromatic N) is 1. The van der Waals surface area contributed by atoms with Crippen LogP contribution in [0.5, 0.6) is 5.75 Å². The van der Waals surface area contributed by atoms with Crippen molar-refractivity contribution in [3.63, 3.8) is 0 Å². The van der Waals surface area contributed by atoms with Gasteiger partial charge in [0.15, 0.2) is 0 Å². The summed E-state index contributed by atoms with van der Waals surface area (Å²) in [5.74, 6) is 0.0149. The van der Waals surface area contributed by atoms with Gasteiger partial charge < -0.3 is 24.8 Å². The zero-order chi connectivity index (χ0) is 27.7. The number of hydrogen-bond donors (Lipinski definition) is 3. The van der Waals surface area contributed by atoms with Gasteiger partial charge in [-0.2, -0.15) is 0 Å². The predicted molar refractivity (Wildman–Crippen MR) is 148 cm³/mol. The van der Waals surface area contributed by atoms with Gasteiger partial charge in [-0.05, 0) is 70.5 Å². The smallest absolute Gasteiger partial charge is 0.261 e. The molecule has 0 saturated carbocycles. The number of hydrogen-bond acceptors (Lipinski definition) is 7. The van der Waals surface area contributed by atoms with Gasteiger partial charge in [-0.1, -0.05) is 25.1 Å². The Morgan fingerprint density at radius 1 is 1.13 bits per heavy atom. The van der Waals surface area contributed by atoms with E-state index in [1.807, 2.05) is 20.9 Å². The first-order valence-electron chi connectivity index (χ1n) is 13.2. The van der Waals surface area contributed by atoms with Crippen molar-refractivity contribution in [2.75, 3.05) is 38.1 Å². The van der Waals surface area contributed by atoms with Crippen molar-refractivity contribution in [1.29, 1.82) is 0 Å². The summed E-state index contributed by atoms with van der Waals surface area (Å²) in [4.78, 5) is 15.7. The number of amides is 1. The van der Waals surface area contributed by atoms with Crippen LogP contribution in [-0.2, 0) is 14.8 Å². The molecule has 3 N–H and O–H groups in total. The summed E-state index contributed by atoms with van der Waals surface area (Å²) in [7, 11) is -1.98. The minimum atomic E-state index is -3.85. The molecule has 10 heteroatoms. The van der Waals surface area contributed by atoms with Crippen molar-refractivity contribution in [3.8, 4) is 5.75 Å². The first kappa shape index (κ1) is 29.9. The van der Waals surface area contributed by atoms with Gasteiger partial charge >= 0.3 is 0 Å². The quantitative estimate of drug-likeness (QED) is 0.486. The molecular weight excluding hydrogens is 506 g/mol. The second kappa shape index (κ2) is 13.9. The summed E-state index contributed by atoms with van der Waals surface area (Å²) in [6, 6.07) is 12.3. The van der Waals surface area contributed by atoms with Crippen LogP contribution in [0.15, 0.2) is 53.4 Å². The lowest BCUT2D eigenvalue weighted by Gasteiger charge is -2.34. The topological polar surface area (TPSA) is 117 Å². The number of aliphatic hydroxyl groups excluding tert-OH is 1. The van der Waals surface area contributed by atoms with Crippen LogP contribution >= 0.6 is 0 Å². The van der Waals surface area contributed by atoms with E-state index in [-0.39, 0.29) is 46.8 Å². The number of anilines is 1. The SMILES string of the molecule is CNC[C@H]1OCCCC[C@@H](C)Oc2ccc(NS(=O)(=O)c3ccccc3)cc2C(=O)N([C@@H](C)CO)C[C@H]1C. The minimum absolute atomic E-state index is 0.0219. The second-order valence-corrected chi connectivity index (χ2v) is 11.7. The monoisotopic (exact) mass is 547 g/mol. The molecule has 1 aliphatic heterocycles. The van der Waals surface area contributed by atoms with Gasteiger partial charge in [-0.3, -0.25) is 9.52 Å². The molecule has 0 aromatic heterocycles. The lowest BCUT2D eigenvalue weighted by atomic mass is 10.0. The minimum Gasteiger partial charge on any atom is -0.490 e. The molecule has 4 atom stereocenters. The molecule has 0 fully saturated rings. The van der Waals surface area contributed by atoms with E-state index in [1.165, 1.54) is 18.2 Å². The molecule has 2 aromatic rings. The molecule has 1 aliphatic rings. The number of rotatable bonds is 7. The van der Waals surface area contributed by atoms with Crippen LogP contribution in [-0.4, -0.2) is 75.9 Å². The van der Waals surface area contributed by atoms with Crippen LogP contribution in [0.25, 0.3) is 0 Å². The Morgan fingerprint density at radius 3 is 2.55 bits per heavy atom. The van der Waals surface area contributed by atoms with E-state index in [9.17, 15) is 18.3 Å². The molecule has 1 heterocycles. The van der Waals surface area contributed by atoms with Crippen molar-refractivity contribution >= 4 is 21.6 Å². The highest BCUT2D eigenvalue weighted by Crippen LogP contribution is 2.29. The Labute approximate surface area is 226 Å². The number of sulfonamides is 1. The molecule has 0 unspecified atom stereocenters. The molecule has 2 aromatic carbocycles. The van der Waals surface area contributed by atoms with Gasteiger partial charge in [-0.15, -0.1) is 0 Å². The molecule has 0 bridgehead atoms. The fourth-order valence-corrected chi connectivity index (χ4v) is 5.56. The molecule has 0 saturated heterocycles. The van der Waals surface area contributed by atoms with Crippen molar-refractivity contribution in [2.45, 2.75) is 63.2 Å². The second-order valence-electron chi connectivity index (χ2n) is 9.99. The van der Waals surface area contributed by atoms with Crippen LogP contribution in [0.4, 0.5) is 5.69 Å². The number of ether oxygens (including phenoxy) is 2. The number of carbonyl (C=O) groups excluding carboxylic acids is 1. The van der Waals surface area contributed by atoms with Crippen LogP contribution in [0, 0.1) is 5.92 Å². The van der Waals surface area contributed by atoms with Gasteiger partial charge in [0, 0.05) is 31.3 Å². The maximum Gasteiger partial charge on any atom is 0.261 e. The van der Waals surface area contributed by atoms with Crippen LogP contribution in [0.1, 0.15) is 50.4 Å². The number of fused-ring (bicyclic) bond motifs is 1. The fourth-order valence-electron chi connectivity index (χ4n) is 4.49. The van der Waals surface area contributed by atoms with Crippen molar-refractivity contribution in [3.05, 3.63) is 54.1 Å². The molecule has 9 nitrogen and oxygen atoms in total. The Hall–Kier alpha value is -2.66. The van der Waals surface area contributed by atoms with Crippen LogP contribution in [0.3, 0.4) is 0 Å². The van der Waals surface area contributed by atoms with Gasteiger partial charge in [0.2, 0.25) is 0 Å². The van der Waals surface area contributed by atoms with Crippen molar-refractivity contribution in [1.82, 2.24) is 10.2 Å². The summed E-state index contributed by atoms with van der Waals surface area (Å²) in [5.41, 5.74) is 0.486. The number of carbonyl (C=O) groups is 1. The van der Waals surface area contributed by atoms with Gasteiger partial charge in [0.25, 0.3) is 15.9 Å². The maximum atomic E-state index is 14.0. The van der Waals surface area contributed by atoms with E-state index < -0.39 is 16.1 Å². The van der Waals surface area contributed by atoms with Crippen LogP contribution < -0.4 is 14.8 Å². The van der Waals surface area contributed by atoms with Gasteiger partial charge in [-0.25, -0.2) is 8.42 Å². The molecule has 0 radical (unpaired) electrons. The Kier molecular flexibility index (Phi) is 11.0. The zero-order valence-corrected chi connectivity index (χ0v) is 23.5. The number of likely N-dealkylation sites (N-methyl/N-ethyl adjacent to an activating group) is 1. The predicted octanol–water partition coefficient (Wildman–Crippen LogP) is 3.50. The first-order chi connectivity index (χ1) is 18.2. The number of aliphatic hydroxyl groups is 1. The van der Waals surface area contributed by atoms with E-state index in [1.54, 1.807) is 42.2 Å². The van der Waals surface area contributed by atoms with Crippen molar-refractivity contribution in [2.24, 2.45) is 5.92 Å². The lowest BCUT2D eigenvalue weighted by molar-refractivity contribution is -0.000450. The highest BCUT2D eigenvalue weighted by Gasteiger charge is 2.30. The Bertz CT molecular complexity index is 1140. The summed E-state index contributed by atoms with van der Waals surface area (Å²) < 4.78 is 40.8. The molecule has 3 rings (SSSR count). The standard InChI is InChI=1S/C28H41N3O6S/c1-20-18-31(21(2)19-32)28(33)25-16-23(30-38(34,35)24-11-6-5-7-12-24)13-14-26(25)37-22(3)10-8-9-15-36-27(20)17-29-4/h5-7,11-14,16,20-22,27,29-30,32H,8-10,15,17-19H2,1-4H3/t20-,21+,22-,27-/m1/s1. The molecule has 1 amide bonds. The molecular formula is C28H41N3O6S. The van der Waals surface area contributed by atoms with E-state index in [2.05, 4.69) is 10.0 Å². The average Bonchev–Trinajstić information content (AvgIpc) is 2.90. The zero-order valence-electron chi connectivity index (χ0n) is 22.7. The normalized spacial score (nSPS) is 22.6. The molecule has 0 spiro atoms. The van der Waals surface area contributed by atoms with Gasteiger partial charge in [0.05, 0.1) is 35.3 Å². The summed E-state index contributed by atoms with van der Waals surface area (Å²) >= 11 is 0.